The summed E-state index contributed by atoms with van der Waals surface area (Å²) >= 11 is 0. The number of nitrogens with one attached hydrogen (secondary N) is 1. The molecule has 0 bridgehead atoms. The maximum absolute atomic E-state index is 11.1. The fraction of sp³-hybridized carbons (Fsp3) is 0. The van der Waals surface area contributed by atoms with Crippen LogP contribution in [0.3, 0.4) is 0 Å². The molecule has 4 nitrogen and oxygen atoms in total. The number of H-pyrrole nitrogens is 1. The second-order valence-corrected chi connectivity index (χ2v) is 5.15. The summed E-state index contributed by atoms with van der Waals surface area (Å²) in [5.41, 5.74) is 4.76. The van der Waals surface area contributed by atoms with E-state index in [4.69, 9.17) is 10.1 Å². The van der Waals surface area contributed by atoms with E-state index in [2.05, 4.69) is 4.98 Å². The van der Waals surface area contributed by atoms with E-state index in [1.807, 2.05) is 42.5 Å². The van der Waals surface area contributed by atoms with Crippen LogP contribution in [0.2, 0.25) is 0 Å². The van der Waals surface area contributed by atoms with E-state index >= 15 is 0 Å². The van der Waals surface area contributed by atoms with Gasteiger partial charge in [0, 0.05) is 16.5 Å². The standard InChI is InChI=1S/C18H12N2O2/c21-18(22)12-6-7-13-16(10-12)19-15-9-8-14(20-17(13)15)11-4-2-1-3-5-11/h1-10,19H,(H,21,22). The fourth-order valence-electron chi connectivity index (χ4n) is 2.67. The Bertz CT molecular complexity index is 1000. The van der Waals surface area contributed by atoms with E-state index in [0.29, 0.717) is 0 Å². The molecule has 4 heteroatoms. The first-order chi connectivity index (χ1) is 10.7. The molecule has 4 rings (SSSR count). The molecule has 0 saturated carbocycles. The third-order valence-corrected chi connectivity index (χ3v) is 3.76. The number of aromatic carboxylic acids is 1. The van der Waals surface area contributed by atoms with Crippen molar-refractivity contribution in [3.05, 3.63) is 66.2 Å². The molecule has 0 aliphatic heterocycles. The molecule has 0 unspecified atom stereocenters. The van der Waals surface area contributed by atoms with Crippen LogP contribution in [0.5, 0.6) is 0 Å². The van der Waals surface area contributed by atoms with Crippen molar-refractivity contribution < 1.29 is 9.90 Å². The summed E-state index contributed by atoms with van der Waals surface area (Å²) in [4.78, 5) is 19.0. The highest BCUT2D eigenvalue weighted by atomic mass is 16.4. The number of aromatic nitrogens is 2. The van der Waals surface area contributed by atoms with Crippen LogP contribution in [0.15, 0.2) is 60.7 Å². The van der Waals surface area contributed by atoms with Crippen molar-refractivity contribution in [3.63, 3.8) is 0 Å². The molecule has 2 aromatic heterocycles. The predicted molar refractivity (Wildman–Crippen MR) is 86.0 cm³/mol. The Hall–Kier alpha value is -3.14. The minimum absolute atomic E-state index is 0.266. The van der Waals surface area contributed by atoms with Crippen LogP contribution in [0.25, 0.3) is 33.2 Å². The van der Waals surface area contributed by atoms with Crippen molar-refractivity contribution >= 4 is 27.9 Å². The lowest BCUT2D eigenvalue weighted by atomic mass is 10.1. The summed E-state index contributed by atoms with van der Waals surface area (Å²) in [7, 11) is 0. The Labute approximate surface area is 126 Å². The normalized spacial score (nSPS) is 11.1. The fourth-order valence-corrected chi connectivity index (χ4v) is 2.67. The maximum atomic E-state index is 11.1. The Morgan fingerprint density at radius 3 is 2.55 bits per heavy atom. The summed E-state index contributed by atoms with van der Waals surface area (Å²) in [6.07, 6.45) is 0. The van der Waals surface area contributed by atoms with Crippen LogP contribution in [-0.4, -0.2) is 21.0 Å². The van der Waals surface area contributed by atoms with Gasteiger partial charge in [0.25, 0.3) is 0 Å². The van der Waals surface area contributed by atoms with E-state index in [0.717, 1.165) is 33.2 Å². The predicted octanol–water partition coefficient (Wildman–Crippen LogP) is 4.08. The SMILES string of the molecule is O=C(O)c1ccc2c(c1)[nH]c1ccc(-c3ccccc3)nc12. The third kappa shape index (κ3) is 1.93. The quantitative estimate of drug-likeness (QED) is 0.584. The van der Waals surface area contributed by atoms with Gasteiger partial charge in [-0.2, -0.15) is 0 Å². The van der Waals surface area contributed by atoms with Crippen molar-refractivity contribution in [2.45, 2.75) is 0 Å². The van der Waals surface area contributed by atoms with Crippen molar-refractivity contribution in [1.29, 1.82) is 0 Å². The zero-order valence-electron chi connectivity index (χ0n) is 11.6. The Morgan fingerprint density at radius 1 is 0.955 bits per heavy atom. The number of carbonyl (C=O) groups is 1. The van der Waals surface area contributed by atoms with Gasteiger partial charge in [-0.15, -0.1) is 0 Å². The lowest BCUT2D eigenvalue weighted by molar-refractivity contribution is 0.0697. The third-order valence-electron chi connectivity index (χ3n) is 3.76. The first-order valence-electron chi connectivity index (χ1n) is 6.93. The number of rotatable bonds is 2. The topological polar surface area (TPSA) is 66.0 Å². The molecule has 0 atom stereocenters. The van der Waals surface area contributed by atoms with E-state index < -0.39 is 5.97 Å². The molecule has 2 N–H and O–H groups in total. The van der Waals surface area contributed by atoms with Gasteiger partial charge in [0.1, 0.15) is 0 Å². The number of aromatic amines is 1. The molecule has 0 spiro atoms. The van der Waals surface area contributed by atoms with E-state index in [9.17, 15) is 4.79 Å². The van der Waals surface area contributed by atoms with Crippen molar-refractivity contribution in [1.82, 2.24) is 9.97 Å². The molecular weight excluding hydrogens is 276 g/mol. The Kier molecular flexibility index (Phi) is 2.69. The molecule has 0 amide bonds. The van der Waals surface area contributed by atoms with Crippen LogP contribution >= 0.6 is 0 Å². The number of carboxylic acids is 1. The number of nitrogens with zero attached hydrogens (tertiary/aromatic N) is 1. The zero-order chi connectivity index (χ0) is 15.1. The molecule has 4 aromatic rings. The second-order valence-electron chi connectivity index (χ2n) is 5.15. The largest absolute Gasteiger partial charge is 0.478 e. The number of carboxylic acid groups (broad SMARTS) is 1. The summed E-state index contributed by atoms with van der Waals surface area (Å²) in [5, 5.41) is 10.0. The van der Waals surface area contributed by atoms with Gasteiger partial charge < -0.3 is 10.1 Å². The molecule has 0 saturated heterocycles. The average molecular weight is 288 g/mol. The second kappa shape index (κ2) is 4.70. The highest BCUT2D eigenvalue weighted by Crippen LogP contribution is 2.27. The van der Waals surface area contributed by atoms with Crippen LogP contribution in [0, 0.1) is 0 Å². The lowest BCUT2D eigenvalue weighted by Crippen LogP contribution is -1.94. The maximum Gasteiger partial charge on any atom is 0.335 e. The van der Waals surface area contributed by atoms with Crippen LogP contribution in [-0.2, 0) is 0 Å². The van der Waals surface area contributed by atoms with Crippen LogP contribution < -0.4 is 0 Å². The number of benzene rings is 2. The van der Waals surface area contributed by atoms with Crippen LogP contribution in [0.4, 0.5) is 0 Å². The smallest absolute Gasteiger partial charge is 0.335 e. The summed E-state index contributed by atoms with van der Waals surface area (Å²) in [5.74, 6) is -0.932. The molecule has 22 heavy (non-hydrogen) atoms. The molecule has 2 heterocycles. The number of hydrogen-bond donors (Lipinski definition) is 2. The molecule has 2 aromatic carbocycles. The van der Waals surface area contributed by atoms with Gasteiger partial charge in [-0.25, -0.2) is 9.78 Å². The summed E-state index contributed by atoms with van der Waals surface area (Å²) < 4.78 is 0. The van der Waals surface area contributed by atoms with E-state index in [1.54, 1.807) is 18.2 Å². The van der Waals surface area contributed by atoms with E-state index in [-0.39, 0.29) is 5.56 Å². The molecule has 0 radical (unpaired) electrons. The van der Waals surface area contributed by atoms with Crippen molar-refractivity contribution in [2.75, 3.05) is 0 Å². The van der Waals surface area contributed by atoms with Gasteiger partial charge in [-0.1, -0.05) is 30.3 Å². The van der Waals surface area contributed by atoms with E-state index in [1.165, 1.54) is 0 Å². The zero-order valence-corrected chi connectivity index (χ0v) is 11.6. The Morgan fingerprint density at radius 2 is 1.77 bits per heavy atom. The lowest BCUT2D eigenvalue weighted by Gasteiger charge is -2.00. The summed E-state index contributed by atoms with van der Waals surface area (Å²) in [6.45, 7) is 0. The summed E-state index contributed by atoms with van der Waals surface area (Å²) in [6, 6.07) is 19.0. The first-order valence-corrected chi connectivity index (χ1v) is 6.93. The van der Waals surface area contributed by atoms with Gasteiger partial charge in [-0.05, 0) is 30.3 Å². The van der Waals surface area contributed by atoms with Gasteiger partial charge in [0.15, 0.2) is 0 Å². The van der Waals surface area contributed by atoms with Crippen molar-refractivity contribution in [3.8, 4) is 11.3 Å². The minimum atomic E-state index is -0.932. The molecular formula is C18H12N2O2. The number of pyridine rings is 1. The Balaban J connectivity index is 1.96. The molecule has 0 fully saturated rings. The van der Waals surface area contributed by atoms with Gasteiger partial charge in [-0.3, -0.25) is 0 Å². The van der Waals surface area contributed by atoms with Gasteiger partial charge >= 0.3 is 5.97 Å². The van der Waals surface area contributed by atoms with Gasteiger partial charge in [0.2, 0.25) is 0 Å². The molecule has 0 aliphatic carbocycles. The van der Waals surface area contributed by atoms with Gasteiger partial charge in [0.05, 0.1) is 22.3 Å². The minimum Gasteiger partial charge on any atom is -0.478 e. The van der Waals surface area contributed by atoms with Crippen LogP contribution in [0.1, 0.15) is 10.4 Å². The first kappa shape index (κ1) is 12.6. The monoisotopic (exact) mass is 288 g/mol. The molecule has 0 aliphatic rings. The number of hydrogen-bond acceptors (Lipinski definition) is 2. The van der Waals surface area contributed by atoms with Crippen molar-refractivity contribution in [2.24, 2.45) is 0 Å². The highest BCUT2D eigenvalue weighted by Gasteiger charge is 2.10. The number of fused-ring (bicyclic) bond motifs is 3. The average Bonchev–Trinajstić information content (AvgIpc) is 2.92. The molecule has 106 valence electrons. The highest BCUT2D eigenvalue weighted by molar-refractivity contribution is 6.07.